The van der Waals surface area contributed by atoms with E-state index in [1.54, 1.807) is 0 Å². The summed E-state index contributed by atoms with van der Waals surface area (Å²) in [5.74, 6) is 1.07. The molecule has 3 rings (SSSR count). The van der Waals surface area contributed by atoms with E-state index in [-0.39, 0.29) is 0 Å². The van der Waals surface area contributed by atoms with Gasteiger partial charge in [-0.3, -0.25) is 4.99 Å². The Kier molecular flexibility index (Phi) is 9.09. The molecule has 1 aromatic rings. The van der Waals surface area contributed by atoms with E-state index in [0.29, 0.717) is 0 Å². The molecule has 30 heavy (non-hydrogen) atoms. The third-order valence-corrected chi connectivity index (χ3v) is 6.40. The molecule has 2 fully saturated rings. The molecule has 7 heteroatoms. The summed E-state index contributed by atoms with van der Waals surface area (Å²) < 4.78 is 0. The first-order valence-corrected chi connectivity index (χ1v) is 11.9. The number of rotatable bonds is 7. The number of likely N-dealkylation sites (N-methyl/N-ethyl adjacent to an activating group) is 1. The smallest absolute Gasteiger partial charge is 0.194 e. The monoisotopic (exact) mass is 434 g/mol. The summed E-state index contributed by atoms with van der Waals surface area (Å²) in [5.41, 5.74) is 2.54. The molecule has 0 radical (unpaired) electrons. The quantitative estimate of drug-likeness (QED) is 0.405. The predicted molar refractivity (Wildman–Crippen MR) is 129 cm³/mol. The highest BCUT2D eigenvalue weighted by molar-refractivity contribution is 6.30. The standard InChI is InChI=1S/C23H39ClN6/c1-4-25-23(26-9-5-6-10-28-13-11-27(3)12-14-28)30-17-15-29(16-18-30)22-19-21(24)8-7-20(22)2/h7-8,19H,4-6,9-18H2,1-3H3,(H,25,26). The maximum Gasteiger partial charge on any atom is 0.194 e. The minimum atomic E-state index is 0.810. The van der Waals surface area contributed by atoms with Crippen LogP contribution in [0.3, 0.4) is 0 Å². The van der Waals surface area contributed by atoms with Gasteiger partial charge in [0.05, 0.1) is 0 Å². The molecule has 2 saturated heterocycles. The maximum atomic E-state index is 6.22. The fourth-order valence-corrected chi connectivity index (χ4v) is 4.38. The Balaban J connectivity index is 1.44. The Morgan fingerprint density at radius 3 is 2.47 bits per heavy atom. The van der Waals surface area contributed by atoms with E-state index in [1.165, 1.54) is 50.4 Å². The molecule has 0 saturated carbocycles. The van der Waals surface area contributed by atoms with Gasteiger partial charge in [0.15, 0.2) is 5.96 Å². The maximum absolute atomic E-state index is 6.22. The van der Waals surface area contributed by atoms with Crippen LogP contribution in [0.25, 0.3) is 0 Å². The predicted octanol–water partition coefficient (Wildman–Crippen LogP) is 2.76. The number of unbranched alkanes of at least 4 members (excludes halogenated alkanes) is 1. The van der Waals surface area contributed by atoms with Gasteiger partial charge in [0.1, 0.15) is 0 Å². The lowest BCUT2D eigenvalue weighted by atomic mass is 10.1. The molecule has 0 spiro atoms. The van der Waals surface area contributed by atoms with Gasteiger partial charge in [-0.05, 0) is 58.0 Å². The van der Waals surface area contributed by atoms with E-state index in [9.17, 15) is 0 Å². The summed E-state index contributed by atoms with van der Waals surface area (Å²) in [6, 6.07) is 6.17. The van der Waals surface area contributed by atoms with Crippen LogP contribution in [0.4, 0.5) is 5.69 Å². The van der Waals surface area contributed by atoms with Gasteiger partial charge in [0, 0.05) is 76.2 Å². The van der Waals surface area contributed by atoms with Crippen LogP contribution < -0.4 is 10.2 Å². The number of benzene rings is 1. The zero-order valence-corrected chi connectivity index (χ0v) is 19.8. The van der Waals surface area contributed by atoms with Gasteiger partial charge in [-0.25, -0.2) is 0 Å². The normalized spacial score (nSPS) is 19.4. The van der Waals surface area contributed by atoms with Crippen molar-refractivity contribution in [3.63, 3.8) is 0 Å². The largest absolute Gasteiger partial charge is 0.368 e. The Labute approximate surface area is 187 Å². The molecule has 1 N–H and O–H groups in total. The van der Waals surface area contributed by atoms with E-state index in [2.05, 4.69) is 57.9 Å². The summed E-state index contributed by atoms with van der Waals surface area (Å²) in [4.78, 5) is 14.8. The first kappa shape index (κ1) is 23.2. The molecule has 2 aliphatic heterocycles. The lowest BCUT2D eigenvalue weighted by Gasteiger charge is -2.38. The van der Waals surface area contributed by atoms with Crippen molar-refractivity contribution in [1.29, 1.82) is 0 Å². The summed E-state index contributed by atoms with van der Waals surface area (Å²) in [7, 11) is 2.21. The highest BCUT2D eigenvalue weighted by Gasteiger charge is 2.21. The SMILES string of the molecule is CCNC(=NCCCCN1CCN(C)CC1)N1CCN(c2cc(Cl)ccc2C)CC1. The summed E-state index contributed by atoms with van der Waals surface area (Å²) in [6.45, 7) is 16.1. The van der Waals surface area contributed by atoms with Gasteiger partial charge >= 0.3 is 0 Å². The minimum Gasteiger partial charge on any atom is -0.368 e. The fraction of sp³-hybridized carbons (Fsp3) is 0.696. The number of anilines is 1. The molecule has 2 aliphatic rings. The third kappa shape index (κ3) is 6.76. The van der Waals surface area contributed by atoms with Crippen molar-refractivity contribution in [2.75, 3.05) is 83.9 Å². The van der Waals surface area contributed by atoms with Crippen molar-refractivity contribution >= 4 is 23.2 Å². The van der Waals surface area contributed by atoms with Gasteiger partial charge in [0.2, 0.25) is 0 Å². The molecule has 1 aromatic carbocycles. The van der Waals surface area contributed by atoms with Crippen LogP contribution in [0.5, 0.6) is 0 Å². The number of aryl methyl sites for hydroxylation is 1. The molecule has 0 atom stereocenters. The van der Waals surface area contributed by atoms with Crippen LogP contribution in [0.15, 0.2) is 23.2 Å². The Hall–Kier alpha value is -1.50. The zero-order chi connectivity index (χ0) is 21.3. The van der Waals surface area contributed by atoms with E-state index in [0.717, 1.165) is 56.7 Å². The molecule has 0 aromatic heterocycles. The lowest BCUT2D eigenvalue weighted by molar-refractivity contribution is 0.152. The number of aliphatic imine (C=N–C) groups is 1. The van der Waals surface area contributed by atoms with Gasteiger partial charge < -0.3 is 24.9 Å². The van der Waals surface area contributed by atoms with E-state index < -0.39 is 0 Å². The highest BCUT2D eigenvalue weighted by atomic mass is 35.5. The summed E-state index contributed by atoms with van der Waals surface area (Å²) >= 11 is 6.22. The van der Waals surface area contributed by atoms with Gasteiger partial charge in [0.25, 0.3) is 0 Å². The van der Waals surface area contributed by atoms with Crippen molar-refractivity contribution in [3.8, 4) is 0 Å². The second kappa shape index (κ2) is 11.8. The average molecular weight is 435 g/mol. The number of hydrogen-bond acceptors (Lipinski definition) is 4. The molecular formula is C23H39ClN6. The van der Waals surface area contributed by atoms with Crippen LogP contribution in [-0.2, 0) is 0 Å². The molecule has 2 heterocycles. The van der Waals surface area contributed by atoms with E-state index in [4.69, 9.17) is 16.6 Å². The third-order valence-electron chi connectivity index (χ3n) is 6.17. The Morgan fingerprint density at radius 2 is 1.77 bits per heavy atom. The Bertz CT molecular complexity index is 678. The first-order valence-electron chi connectivity index (χ1n) is 11.5. The number of nitrogens with one attached hydrogen (secondary N) is 1. The first-order chi connectivity index (χ1) is 14.6. The molecule has 0 aliphatic carbocycles. The second-order valence-corrected chi connectivity index (χ2v) is 8.93. The van der Waals surface area contributed by atoms with Crippen molar-refractivity contribution in [3.05, 3.63) is 28.8 Å². The highest BCUT2D eigenvalue weighted by Crippen LogP contribution is 2.25. The number of nitrogens with zero attached hydrogens (tertiary/aromatic N) is 5. The average Bonchev–Trinajstić information content (AvgIpc) is 2.76. The van der Waals surface area contributed by atoms with Crippen molar-refractivity contribution < 1.29 is 0 Å². The number of hydrogen-bond donors (Lipinski definition) is 1. The van der Waals surface area contributed by atoms with Crippen molar-refractivity contribution in [2.45, 2.75) is 26.7 Å². The van der Waals surface area contributed by atoms with Crippen molar-refractivity contribution in [1.82, 2.24) is 20.0 Å². The number of guanidine groups is 1. The summed E-state index contributed by atoms with van der Waals surface area (Å²) in [5, 5.41) is 4.30. The minimum absolute atomic E-state index is 0.810. The van der Waals surface area contributed by atoms with E-state index in [1.807, 2.05) is 6.07 Å². The van der Waals surface area contributed by atoms with Gasteiger partial charge in [-0.15, -0.1) is 0 Å². The number of piperazine rings is 2. The molecule has 168 valence electrons. The lowest BCUT2D eigenvalue weighted by Crippen LogP contribution is -2.52. The van der Waals surface area contributed by atoms with Crippen LogP contribution >= 0.6 is 11.6 Å². The van der Waals surface area contributed by atoms with E-state index >= 15 is 0 Å². The molecule has 0 unspecified atom stereocenters. The molecular weight excluding hydrogens is 396 g/mol. The Morgan fingerprint density at radius 1 is 1.03 bits per heavy atom. The van der Waals surface area contributed by atoms with Crippen LogP contribution in [0.2, 0.25) is 5.02 Å². The van der Waals surface area contributed by atoms with Crippen LogP contribution in [-0.4, -0.2) is 99.7 Å². The number of halogens is 1. The van der Waals surface area contributed by atoms with Gasteiger partial charge in [-0.1, -0.05) is 17.7 Å². The molecule has 0 bridgehead atoms. The zero-order valence-electron chi connectivity index (χ0n) is 19.0. The molecule has 0 amide bonds. The summed E-state index contributed by atoms with van der Waals surface area (Å²) in [6.07, 6.45) is 2.39. The topological polar surface area (TPSA) is 37.4 Å². The van der Waals surface area contributed by atoms with Crippen LogP contribution in [0.1, 0.15) is 25.3 Å². The van der Waals surface area contributed by atoms with Crippen molar-refractivity contribution in [2.24, 2.45) is 4.99 Å². The second-order valence-electron chi connectivity index (χ2n) is 8.49. The molecule has 6 nitrogen and oxygen atoms in total. The fourth-order valence-electron chi connectivity index (χ4n) is 4.21. The van der Waals surface area contributed by atoms with Gasteiger partial charge in [-0.2, -0.15) is 0 Å². The van der Waals surface area contributed by atoms with Crippen LogP contribution in [0, 0.1) is 6.92 Å².